The number of thioether (sulfide) groups is 1. The topological polar surface area (TPSA) is 85.3 Å². The molecule has 3 aromatic rings. The van der Waals surface area contributed by atoms with Gasteiger partial charge >= 0.3 is 0 Å². The maximum atomic E-state index is 12.6. The van der Waals surface area contributed by atoms with Crippen molar-refractivity contribution in [3.63, 3.8) is 0 Å². The van der Waals surface area contributed by atoms with Gasteiger partial charge in [0.15, 0.2) is 11.5 Å². The van der Waals surface area contributed by atoms with E-state index >= 15 is 0 Å². The highest BCUT2D eigenvalue weighted by molar-refractivity contribution is 7.98. The maximum Gasteiger partial charge on any atom is 0.222 e. The number of carbonyl (C=O) groups is 1. The summed E-state index contributed by atoms with van der Waals surface area (Å²) < 4.78 is 1.92. The lowest BCUT2D eigenvalue weighted by atomic mass is 10.0. The summed E-state index contributed by atoms with van der Waals surface area (Å²) in [4.78, 5) is 12.6. The van der Waals surface area contributed by atoms with Crippen molar-refractivity contribution in [1.29, 1.82) is 0 Å². The number of carbonyl (C=O) groups excluding carboxylic acids is 1. The highest BCUT2D eigenvalue weighted by Crippen LogP contribution is 2.20. The Bertz CT molecular complexity index is 862. The van der Waals surface area contributed by atoms with Crippen LogP contribution in [0.4, 0.5) is 0 Å². The van der Waals surface area contributed by atoms with E-state index in [1.54, 1.807) is 11.8 Å². The van der Waals surface area contributed by atoms with Gasteiger partial charge in [0.25, 0.3) is 0 Å². The van der Waals surface area contributed by atoms with Crippen molar-refractivity contribution < 1.29 is 4.79 Å². The highest BCUT2D eigenvalue weighted by Gasteiger charge is 2.21. The summed E-state index contributed by atoms with van der Waals surface area (Å²) in [5.74, 6) is 1.58. The quantitative estimate of drug-likeness (QED) is 0.557. The molecule has 2 heterocycles. The van der Waals surface area contributed by atoms with Crippen LogP contribution in [-0.2, 0) is 4.79 Å². The summed E-state index contributed by atoms with van der Waals surface area (Å²) >= 11 is 1.74. The van der Waals surface area contributed by atoms with Crippen LogP contribution in [0.25, 0.3) is 5.65 Å². The maximum absolute atomic E-state index is 12.6. The molecule has 1 amide bonds. The Morgan fingerprint density at radius 3 is 2.57 bits per heavy atom. The summed E-state index contributed by atoms with van der Waals surface area (Å²) in [5, 5.41) is 11.6. The highest BCUT2D eigenvalue weighted by atomic mass is 35.5. The molecule has 2 aromatic heterocycles. The van der Waals surface area contributed by atoms with Gasteiger partial charge in [0.1, 0.15) is 0 Å². The summed E-state index contributed by atoms with van der Waals surface area (Å²) in [7, 11) is 0. The minimum atomic E-state index is -0.326. The fourth-order valence-corrected chi connectivity index (χ4v) is 3.34. The number of hydrogen-bond acceptors (Lipinski definition) is 5. The zero-order chi connectivity index (χ0) is 18.4. The smallest absolute Gasteiger partial charge is 0.222 e. The van der Waals surface area contributed by atoms with Crippen LogP contribution in [0.3, 0.4) is 0 Å². The van der Waals surface area contributed by atoms with Gasteiger partial charge in [-0.25, -0.2) is 0 Å². The lowest BCUT2D eigenvalue weighted by Gasteiger charge is -2.19. The van der Waals surface area contributed by atoms with Crippen LogP contribution in [-0.4, -0.2) is 32.5 Å². The average Bonchev–Trinajstić information content (AvgIpc) is 3.10. The predicted molar refractivity (Wildman–Crippen MR) is 119 cm³/mol. The van der Waals surface area contributed by atoms with Crippen LogP contribution in [0.2, 0.25) is 0 Å². The van der Waals surface area contributed by atoms with Crippen molar-refractivity contribution in [1.82, 2.24) is 19.9 Å². The second-order valence-corrected chi connectivity index (χ2v) is 7.10. The molecule has 28 heavy (non-hydrogen) atoms. The third kappa shape index (κ3) is 6.10. The molecule has 3 rings (SSSR count). The molecule has 9 heteroatoms. The number of aromatic nitrogens is 3. The Balaban J connectivity index is 0.00000196. The third-order valence-electron chi connectivity index (χ3n) is 4.23. The van der Waals surface area contributed by atoms with E-state index in [0.29, 0.717) is 0 Å². The Morgan fingerprint density at radius 1 is 1.14 bits per heavy atom. The predicted octanol–water partition coefficient (Wildman–Crippen LogP) is 3.57. The Labute approximate surface area is 181 Å². The minimum Gasteiger partial charge on any atom is -0.346 e. The fourth-order valence-electron chi connectivity index (χ4n) is 2.87. The van der Waals surface area contributed by atoms with Crippen molar-refractivity contribution >= 4 is 48.1 Å². The molecule has 0 aliphatic rings. The lowest BCUT2D eigenvalue weighted by Crippen LogP contribution is -2.32. The van der Waals surface area contributed by atoms with Crippen LogP contribution in [0, 0.1) is 0 Å². The van der Waals surface area contributed by atoms with E-state index in [2.05, 4.69) is 15.5 Å². The number of halogens is 2. The molecule has 0 fully saturated rings. The molecule has 0 aliphatic carbocycles. The van der Waals surface area contributed by atoms with E-state index in [1.807, 2.05) is 65.4 Å². The lowest BCUT2D eigenvalue weighted by molar-refractivity contribution is -0.122. The van der Waals surface area contributed by atoms with E-state index in [9.17, 15) is 4.79 Å². The number of hydrogen-bond donors (Lipinski definition) is 2. The standard InChI is InChI=1S/C19H23N5OS.2ClH/c1-26-12-10-16(19-23-22-17-9-5-6-11-24(17)19)21-18(25)13-15(20)14-7-3-2-4-8-14;;/h2-9,11,15-16H,10,12-13,20H2,1H3,(H,21,25);2*1H. The molecule has 3 N–H and O–H groups in total. The van der Waals surface area contributed by atoms with Crippen LogP contribution >= 0.6 is 36.6 Å². The van der Waals surface area contributed by atoms with Crippen LogP contribution in [0.15, 0.2) is 54.7 Å². The van der Waals surface area contributed by atoms with E-state index in [1.165, 1.54) is 0 Å². The van der Waals surface area contributed by atoms with Gasteiger partial charge in [0.05, 0.1) is 6.04 Å². The van der Waals surface area contributed by atoms with Gasteiger partial charge in [-0.05, 0) is 36.1 Å². The van der Waals surface area contributed by atoms with Crippen molar-refractivity contribution in [2.24, 2.45) is 5.73 Å². The molecule has 0 aliphatic heterocycles. The molecular formula is C19H25Cl2N5OS. The number of nitrogens with two attached hydrogens (primary N) is 1. The largest absolute Gasteiger partial charge is 0.346 e. The van der Waals surface area contributed by atoms with Gasteiger partial charge in [-0.2, -0.15) is 11.8 Å². The van der Waals surface area contributed by atoms with Gasteiger partial charge < -0.3 is 11.1 Å². The Morgan fingerprint density at radius 2 is 1.86 bits per heavy atom. The fraction of sp³-hybridized carbons (Fsp3) is 0.316. The molecule has 0 radical (unpaired) electrons. The molecule has 1 aromatic carbocycles. The number of amides is 1. The first-order chi connectivity index (χ1) is 12.7. The van der Waals surface area contributed by atoms with E-state index in [4.69, 9.17) is 5.73 Å². The number of nitrogens with one attached hydrogen (secondary N) is 1. The molecule has 0 spiro atoms. The normalized spacial score (nSPS) is 12.5. The van der Waals surface area contributed by atoms with E-state index in [-0.39, 0.29) is 49.2 Å². The number of nitrogens with zero attached hydrogens (tertiary/aromatic N) is 3. The zero-order valence-electron chi connectivity index (χ0n) is 15.5. The van der Waals surface area contributed by atoms with Gasteiger partial charge in [-0.3, -0.25) is 9.20 Å². The van der Waals surface area contributed by atoms with Crippen LogP contribution in [0.1, 0.15) is 36.3 Å². The molecule has 2 unspecified atom stereocenters. The molecule has 152 valence electrons. The van der Waals surface area contributed by atoms with E-state index < -0.39 is 0 Å². The van der Waals surface area contributed by atoms with Gasteiger partial charge in [0.2, 0.25) is 5.91 Å². The second kappa shape index (κ2) is 11.9. The van der Waals surface area contributed by atoms with Crippen molar-refractivity contribution in [2.75, 3.05) is 12.0 Å². The first-order valence-electron chi connectivity index (χ1n) is 8.57. The monoisotopic (exact) mass is 441 g/mol. The van der Waals surface area contributed by atoms with E-state index in [0.717, 1.165) is 29.2 Å². The molecule has 0 bridgehead atoms. The first-order valence-corrected chi connectivity index (χ1v) is 9.97. The summed E-state index contributed by atoms with van der Waals surface area (Å²) in [5.41, 5.74) is 7.91. The third-order valence-corrected chi connectivity index (χ3v) is 4.87. The number of pyridine rings is 1. The SMILES string of the molecule is CSCCC(NC(=O)CC(N)c1ccccc1)c1nnc2ccccn12.Cl.Cl. The van der Waals surface area contributed by atoms with Crippen molar-refractivity contribution in [2.45, 2.75) is 24.9 Å². The molecule has 6 nitrogen and oxygen atoms in total. The average molecular weight is 442 g/mol. The van der Waals surface area contributed by atoms with Gasteiger partial charge in [0, 0.05) is 18.7 Å². The summed E-state index contributed by atoms with van der Waals surface area (Å²) in [6.45, 7) is 0. The van der Waals surface area contributed by atoms with Gasteiger partial charge in [-0.1, -0.05) is 36.4 Å². The zero-order valence-corrected chi connectivity index (χ0v) is 18.0. The van der Waals surface area contributed by atoms with Gasteiger partial charge in [-0.15, -0.1) is 35.0 Å². The number of rotatable bonds is 8. The molecule has 0 saturated carbocycles. The minimum absolute atomic E-state index is 0. The van der Waals surface area contributed by atoms with Crippen molar-refractivity contribution in [3.8, 4) is 0 Å². The Hall–Kier alpha value is -1.80. The first kappa shape index (κ1) is 24.2. The summed E-state index contributed by atoms with van der Waals surface area (Å²) in [6.07, 6.45) is 4.98. The van der Waals surface area contributed by atoms with Crippen molar-refractivity contribution in [3.05, 3.63) is 66.1 Å². The summed E-state index contributed by atoms with van der Waals surface area (Å²) in [6, 6.07) is 14.9. The Kier molecular flexibility index (Phi) is 10.3. The van der Waals surface area contributed by atoms with Crippen LogP contribution < -0.4 is 11.1 Å². The second-order valence-electron chi connectivity index (χ2n) is 6.11. The van der Waals surface area contributed by atoms with Crippen LogP contribution in [0.5, 0.6) is 0 Å². The molecule has 0 saturated heterocycles. The molecular weight excluding hydrogens is 417 g/mol. The number of benzene rings is 1. The number of fused-ring (bicyclic) bond motifs is 1. The molecule has 2 atom stereocenters.